The molecule has 1 aromatic rings. The normalized spacial score (nSPS) is 9.55. The lowest BCUT2D eigenvalue weighted by atomic mass is 9.95. The minimum absolute atomic E-state index is 0.0210. The second kappa shape index (κ2) is 12.8. The first-order valence-electron chi connectivity index (χ1n) is 7.09. The SMILES string of the molecule is CC(C)(Cc1ccc(F)cc1)NC(=O)CN.CCC.O=CO. The molecule has 126 valence electrons. The molecule has 0 fully saturated rings. The molecule has 6 heteroatoms. The minimum atomic E-state index is -0.381. The van der Waals surface area contributed by atoms with E-state index in [1.165, 1.54) is 18.6 Å². The average Bonchev–Trinajstić information content (AvgIpc) is 2.42. The number of carboxylic acid groups (broad SMARTS) is 1. The van der Waals surface area contributed by atoms with E-state index in [2.05, 4.69) is 19.2 Å². The van der Waals surface area contributed by atoms with Gasteiger partial charge >= 0.3 is 0 Å². The number of amides is 1. The molecule has 0 aliphatic rings. The largest absolute Gasteiger partial charge is 0.483 e. The average molecular weight is 314 g/mol. The van der Waals surface area contributed by atoms with E-state index in [0.29, 0.717) is 6.42 Å². The first-order chi connectivity index (χ1) is 10.3. The molecule has 5 nitrogen and oxygen atoms in total. The maximum atomic E-state index is 12.7. The molecule has 0 bridgehead atoms. The summed E-state index contributed by atoms with van der Waals surface area (Å²) >= 11 is 0. The highest BCUT2D eigenvalue weighted by molar-refractivity contribution is 5.78. The molecule has 0 radical (unpaired) electrons. The van der Waals surface area contributed by atoms with Gasteiger partial charge in [0.2, 0.25) is 5.91 Å². The molecule has 1 aromatic carbocycles. The second-order valence-electron chi connectivity index (χ2n) is 5.25. The van der Waals surface area contributed by atoms with E-state index in [1.807, 2.05) is 13.8 Å². The molecule has 0 aliphatic heterocycles. The monoisotopic (exact) mass is 314 g/mol. The molecule has 0 aromatic heterocycles. The lowest BCUT2D eigenvalue weighted by Crippen LogP contribution is -2.47. The predicted octanol–water partition coefficient (Wildman–Crippen LogP) is 2.34. The third-order valence-electron chi connectivity index (χ3n) is 2.22. The number of carbonyl (C=O) groups is 2. The first kappa shape index (κ1) is 22.3. The van der Waals surface area contributed by atoms with Gasteiger partial charge in [0.25, 0.3) is 6.47 Å². The van der Waals surface area contributed by atoms with Gasteiger partial charge in [-0.1, -0.05) is 32.4 Å². The fourth-order valence-corrected chi connectivity index (χ4v) is 1.59. The van der Waals surface area contributed by atoms with Crippen LogP contribution in [-0.2, 0) is 16.0 Å². The van der Waals surface area contributed by atoms with E-state index in [1.54, 1.807) is 12.1 Å². The number of nitrogens with two attached hydrogens (primary N) is 1. The van der Waals surface area contributed by atoms with Crippen molar-refractivity contribution < 1.29 is 19.1 Å². The third-order valence-corrected chi connectivity index (χ3v) is 2.22. The number of nitrogens with one attached hydrogen (secondary N) is 1. The Kier molecular flexibility index (Phi) is 13.0. The number of hydrogen-bond donors (Lipinski definition) is 3. The molecule has 22 heavy (non-hydrogen) atoms. The standard InChI is InChI=1S/C12H17FN2O.C3H8.CH2O2/c1-12(2,15-11(16)8-14)7-9-3-5-10(13)6-4-9;1-3-2;2-1-3/h3-6H,7-8,14H2,1-2H3,(H,15,16);3H2,1-2H3;1H,(H,2,3). The van der Waals surface area contributed by atoms with E-state index in [9.17, 15) is 9.18 Å². The number of hydrogen-bond acceptors (Lipinski definition) is 3. The molecular weight excluding hydrogens is 287 g/mol. The Balaban J connectivity index is 0. The van der Waals surface area contributed by atoms with Crippen LogP contribution in [0.3, 0.4) is 0 Å². The van der Waals surface area contributed by atoms with Crippen molar-refractivity contribution in [3.05, 3.63) is 35.6 Å². The maximum absolute atomic E-state index is 12.7. The molecule has 0 spiro atoms. The van der Waals surface area contributed by atoms with Gasteiger partial charge in [0.05, 0.1) is 6.54 Å². The Bertz CT molecular complexity index is 420. The summed E-state index contributed by atoms with van der Waals surface area (Å²) in [7, 11) is 0. The minimum Gasteiger partial charge on any atom is -0.483 e. The Labute approximate surface area is 131 Å². The molecular formula is C16H27FN2O3. The van der Waals surface area contributed by atoms with Crippen LogP contribution in [0.15, 0.2) is 24.3 Å². The van der Waals surface area contributed by atoms with Crippen molar-refractivity contribution in [3.63, 3.8) is 0 Å². The van der Waals surface area contributed by atoms with Crippen LogP contribution in [0, 0.1) is 5.82 Å². The van der Waals surface area contributed by atoms with Crippen LogP contribution in [0.5, 0.6) is 0 Å². The zero-order valence-corrected chi connectivity index (χ0v) is 13.7. The zero-order valence-electron chi connectivity index (χ0n) is 13.7. The molecule has 0 unspecified atom stereocenters. The van der Waals surface area contributed by atoms with Crippen LogP contribution < -0.4 is 11.1 Å². The lowest BCUT2D eigenvalue weighted by molar-refractivity contribution is -0.123. The zero-order chi connectivity index (χ0) is 17.6. The van der Waals surface area contributed by atoms with Gasteiger partial charge in [-0.05, 0) is 38.0 Å². The summed E-state index contributed by atoms with van der Waals surface area (Å²) < 4.78 is 12.7. The van der Waals surface area contributed by atoms with E-state index in [0.717, 1.165) is 5.56 Å². The highest BCUT2D eigenvalue weighted by atomic mass is 19.1. The number of benzene rings is 1. The topological polar surface area (TPSA) is 92.4 Å². The van der Waals surface area contributed by atoms with E-state index < -0.39 is 0 Å². The summed E-state index contributed by atoms with van der Waals surface area (Å²) in [5.74, 6) is -0.445. The van der Waals surface area contributed by atoms with Gasteiger partial charge in [0.1, 0.15) is 5.82 Å². The second-order valence-corrected chi connectivity index (χ2v) is 5.25. The summed E-state index contributed by atoms with van der Waals surface area (Å²) in [5.41, 5.74) is 5.83. The van der Waals surface area contributed by atoms with E-state index >= 15 is 0 Å². The lowest BCUT2D eigenvalue weighted by Gasteiger charge is -2.26. The molecule has 1 amide bonds. The molecule has 0 atom stereocenters. The van der Waals surface area contributed by atoms with Crippen LogP contribution in [0.1, 0.15) is 39.7 Å². The molecule has 0 saturated heterocycles. The van der Waals surface area contributed by atoms with E-state index in [4.69, 9.17) is 15.6 Å². The fraction of sp³-hybridized carbons (Fsp3) is 0.500. The van der Waals surface area contributed by atoms with Gasteiger partial charge in [-0.25, -0.2) is 4.39 Å². The van der Waals surface area contributed by atoms with Crippen LogP contribution in [-0.4, -0.2) is 29.6 Å². The first-order valence-corrected chi connectivity index (χ1v) is 7.09. The Morgan fingerprint density at radius 3 is 2.09 bits per heavy atom. The predicted molar refractivity (Wildman–Crippen MR) is 86.0 cm³/mol. The van der Waals surface area contributed by atoms with Crippen molar-refractivity contribution >= 4 is 12.4 Å². The van der Waals surface area contributed by atoms with Crippen LogP contribution in [0.4, 0.5) is 4.39 Å². The molecule has 1 rings (SSSR count). The maximum Gasteiger partial charge on any atom is 0.290 e. The van der Waals surface area contributed by atoms with Gasteiger partial charge in [-0.2, -0.15) is 0 Å². The number of halogens is 1. The molecule has 0 aliphatic carbocycles. The summed E-state index contributed by atoms with van der Waals surface area (Å²) in [5, 5.41) is 9.70. The van der Waals surface area contributed by atoms with Crippen molar-refractivity contribution in [3.8, 4) is 0 Å². The van der Waals surface area contributed by atoms with Crippen molar-refractivity contribution in [1.29, 1.82) is 0 Å². The van der Waals surface area contributed by atoms with Crippen molar-refractivity contribution in [2.45, 2.75) is 46.1 Å². The van der Waals surface area contributed by atoms with Crippen LogP contribution in [0.2, 0.25) is 0 Å². The Hall–Kier alpha value is -1.95. The smallest absolute Gasteiger partial charge is 0.290 e. The molecule has 4 N–H and O–H groups in total. The van der Waals surface area contributed by atoms with Crippen molar-refractivity contribution in [2.24, 2.45) is 5.73 Å². The quantitative estimate of drug-likeness (QED) is 0.744. The number of rotatable bonds is 4. The molecule has 0 saturated carbocycles. The highest BCUT2D eigenvalue weighted by Crippen LogP contribution is 2.13. The Morgan fingerprint density at radius 1 is 1.32 bits per heavy atom. The highest BCUT2D eigenvalue weighted by Gasteiger charge is 2.20. The summed E-state index contributed by atoms with van der Waals surface area (Å²) in [6.07, 6.45) is 1.89. The van der Waals surface area contributed by atoms with Gasteiger partial charge in [0.15, 0.2) is 0 Å². The van der Waals surface area contributed by atoms with Gasteiger partial charge in [-0.3, -0.25) is 9.59 Å². The fourth-order valence-electron chi connectivity index (χ4n) is 1.59. The number of carbonyl (C=O) groups excluding carboxylic acids is 1. The van der Waals surface area contributed by atoms with Gasteiger partial charge in [-0.15, -0.1) is 0 Å². The van der Waals surface area contributed by atoms with E-state index in [-0.39, 0.29) is 30.3 Å². The van der Waals surface area contributed by atoms with Crippen LogP contribution >= 0.6 is 0 Å². The van der Waals surface area contributed by atoms with Gasteiger partial charge < -0.3 is 16.2 Å². The van der Waals surface area contributed by atoms with Gasteiger partial charge in [0, 0.05) is 5.54 Å². The van der Waals surface area contributed by atoms with Crippen molar-refractivity contribution in [1.82, 2.24) is 5.32 Å². The summed E-state index contributed by atoms with van der Waals surface area (Å²) in [6, 6.07) is 6.25. The van der Waals surface area contributed by atoms with Crippen LogP contribution in [0.25, 0.3) is 0 Å². The van der Waals surface area contributed by atoms with Crippen molar-refractivity contribution in [2.75, 3.05) is 6.54 Å². The molecule has 0 heterocycles. The third kappa shape index (κ3) is 13.1. The Morgan fingerprint density at radius 2 is 1.73 bits per heavy atom. The summed E-state index contributed by atoms with van der Waals surface area (Å²) in [4.78, 5) is 19.5. The summed E-state index contributed by atoms with van der Waals surface area (Å²) in [6.45, 7) is 7.79.